The number of Topliss-reactive ketones (excluding diaryl/α,β-unsaturated/α-hetero) is 1. The normalized spacial score (nSPS) is 25.8. The van der Waals surface area contributed by atoms with Crippen LogP contribution >= 0.6 is 0 Å². The van der Waals surface area contributed by atoms with Gasteiger partial charge < -0.3 is 4.74 Å². The fourth-order valence-electron chi connectivity index (χ4n) is 3.95. The Morgan fingerprint density at radius 3 is 2.00 bits per heavy atom. The van der Waals surface area contributed by atoms with Gasteiger partial charge in [0, 0.05) is 6.42 Å². The van der Waals surface area contributed by atoms with E-state index in [1.165, 1.54) is 0 Å². The molecule has 0 bridgehead atoms. The molecule has 1 aliphatic heterocycles. The number of hydrogen-bond donors (Lipinski definition) is 0. The van der Waals surface area contributed by atoms with Crippen LogP contribution in [0.3, 0.4) is 0 Å². The summed E-state index contributed by atoms with van der Waals surface area (Å²) in [6, 6.07) is 19.2. The monoisotopic (exact) mass is 347 g/mol. The van der Waals surface area contributed by atoms with Gasteiger partial charge in [0.05, 0.1) is 6.04 Å². The number of rotatable bonds is 3. The molecular weight excluding hydrogens is 326 g/mol. The van der Waals surface area contributed by atoms with Crippen molar-refractivity contribution in [3.05, 3.63) is 82.9 Å². The van der Waals surface area contributed by atoms with Gasteiger partial charge in [-0.3, -0.25) is 9.69 Å². The molecule has 3 atom stereocenters. The van der Waals surface area contributed by atoms with Crippen LogP contribution in [0, 0.1) is 0 Å². The van der Waals surface area contributed by atoms with Gasteiger partial charge in [-0.1, -0.05) is 60.7 Å². The molecule has 0 saturated carbocycles. The molecule has 0 unspecified atom stereocenters. The molecule has 1 saturated heterocycles. The number of benzene rings is 2. The number of carbonyl (C=O) groups is 2. The lowest BCUT2D eigenvalue weighted by Gasteiger charge is -2.30. The summed E-state index contributed by atoms with van der Waals surface area (Å²) in [5.41, 5.74) is 3.69. The average molecular weight is 347 g/mol. The first kappa shape index (κ1) is 16.6. The minimum absolute atomic E-state index is 0.107. The molecule has 26 heavy (non-hydrogen) atoms. The van der Waals surface area contributed by atoms with Crippen LogP contribution < -0.4 is 0 Å². The van der Waals surface area contributed by atoms with Crippen LogP contribution in [0.2, 0.25) is 0 Å². The molecule has 1 fully saturated rings. The average Bonchev–Trinajstić information content (AvgIpc) is 3.14. The summed E-state index contributed by atoms with van der Waals surface area (Å²) in [4.78, 5) is 26.8. The summed E-state index contributed by atoms with van der Waals surface area (Å²) >= 11 is 0. The van der Waals surface area contributed by atoms with Crippen molar-refractivity contribution >= 4 is 11.9 Å². The standard InChI is InChI=1S/C22H21NO3/c1-14-15(2)19(24)13-18(14)23-20(16-9-5-3-6-10-16)21(26-22(23)25)17-11-7-4-8-12-17/h3-12,18,20-21H,13H2,1-2H3/t18-,20+,21-/m0/s1. The lowest BCUT2D eigenvalue weighted by molar-refractivity contribution is -0.115. The highest BCUT2D eigenvalue weighted by molar-refractivity contribution is 5.99. The highest BCUT2D eigenvalue weighted by Gasteiger charge is 2.49. The van der Waals surface area contributed by atoms with E-state index in [0.717, 1.165) is 22.3 Å². The number of carbonyl (C=O) groups excluding carboxylic acids is 2. The van der Waals surface area contributed by atoms with Crippen LogP contribution in [-0.2, 0) is 9.53 Å². The Bertz CT molecular complexity index is 873. The van der Waals surface area contributed by atoms with E-state index in [4.69, 9.17) is 4.74 Å². The second-order valence-corrected chi connectivity index (χ2v) is 6.93. The van der Waals surface area contributed by atoms with Crippen LogP contribution in [0.25, 0.3) is 0 Å². The van der Waals surface area contributed by atoms with Crippen molar-refractivity contribution < 1.29 is 14.3 Å². The molecule has 0 spiro atoms. The topological polar surface area (TPSA) is 46.6 Å². The van der Waals surface area contributed by atoms with Crippen molar-refractivity contribution in [1.82, 2.24) is 4.90 Å². The second-order valence-electron chi connectivity index (χ2n) is 6.93. The van der Waals surface area contributed by atoms with Gasteiger partial charge in [-0.05, 0) is 36.1 Å². The third-order valence-electron chi connectivity index (χ3n) is 5.52. The molecule has 132 valence electrons. The van der Waals surface area contributed by atoms with E-state index in [2.05, 4.69) is 0 Å². The highest BCUT2D eigenvalue weighted by atomic mass is 16.6. The van der Waals surface area contributed by atoms with Gasteiger partial charge in [0.1, 0.15) is 6.04 Å². The first-order chi connectivity index (χ1) is 12.6. The zero-order valence-corrected chi connectivity index (χ0v) is 14.9. The molecular formula is C22H21NO3. The molecule has 2 aromatic carbocycles. The SMILES string of the molecule is CC1=C(C)[C@@H](N2C(=O)O[C@@H](c3ccccc3)[C@H]2c2ccccc2)CC1=O. The summed E-state index contributed by atoms with van der Waals surface area (Å²) in [5.74, 6) is 0.107. The molecule has 0 N–H and O–H groups in total. The molecule has 4 nitrogen and oxygen atoms in total. The maximum absolute atomic E-state index is 12.9. The maximum atomic E-state index is 12.9. The van der Waals surface area contributed by atoms with Crippen molar-refractivity contribution in [2.24, 2.45) is 0 Å². The third-order valence-corrected chi connectivity index (χ3v) is 5.52. The van der Waals surface area contributed by atoms with Crippen molar-refractivity contribution in [3.63, 3.8) is 0 Å². The lowest BCUT2D eigenvalue weighted by atomic mass is 9.93. The summed E-state index contributed by atoms with van der Waals surface area (Å²) in [7, 11) is 0. The van der Waals surface area contributed by atoms with E-state index >= 15 is 0 Å². The van der Waals surface area contributed by atoms with Crippen LogP contribution in [-0.4, -0.2) is 22.8 Å². The zero-order valence-electron chi connectivity index (χ0n) is 14.9. The van der Waals surface area contributed by atoms with Gasteiger partial charge in [-0.25, -0.2) is 4.79 Å². The quantitative estimate of drug-likeness (QED) is 0.815. The number of amides is 1. The van der Waals surface area contributed by atoms with Gasteiger partial charge in [-0.15, -0.1) is 0 Å². The first-order valence-electron chi connectivity index (χ1n) is 8.87. The van der Waals surface area contributed by atoms with E-state index in [0.29, 0.717) is 6.42 Å². The van der Waals surface area contributed by atoms with E-state index in [1.807, 2.05) is 74.5 Å². The molecule has 0 radical (unpaired) electrons. The molecule has 0 aromatic heterocycles. The number of ketones is 1. The fourth-order valence-corrected chi connectivity index (χ4v) is 3.95. The van der Waals surface area contributed by atoms with Crippen LogP contribution in [0.15, 0.2) is 71.8 Å². The maximum Gasteiger partial charge on any atom is 0.411 e. The Labute approximate surface area is 153 Å². The highest BCUT2D eigenvalue weighted by Crippen LogP contribution is 2.46. The van der Waals surface area contributed by atoms with E-state index in [1.54, 1.807) is 4.90 Å². The molecule has 4 heteroatoms. The predicted molar refractivity (Wildman–Crippen MR) is 98.5 cm³/mol. The van der Waals surface area contributed by atoms with E-state index in [9.17, 15) is 9.59 Å². The molecule has 1 aliphatic carbocycles. The summed E-state index contributed by atoms with van der Waals surface area (Å²) in [5, 5.41) is 0. The Morgan fingerprint density at radius 2 is 1.46 bits per heavy atom. The number of nitrogens with zero attached hydrogens (tertiary/aromatic N) is 1. The minimum Gasteiger partial charge on any atom is -0.439 e. The van der Waals surface area contributed by atoms with Crippen molar-refractivity contribution in [2.45, 2.75) is 38.5 Å². The lowest BCUT2D eigenvalue weighted by Crippen LogP contribution is -2.38. The Morgan fingerprint density at radius 1 is 0.885 bits per heavy atom. The predicted octanol–water partition coefficient (Wildman–Crippen LogP) is 4.60. The van der Waals surface area contributed by atoms with Crippen molar-refractivity contribution in [2.75, 3.05) is 0 Å². The fraction of sp³-hybridized carbons (Fsp3) is 0.273. The number of ether oxygens (including phenoxy) is 1. The number of hydrogen-bond acceptors (Lipinski definition) is 3. The Kier molecular flexibility index (Phi) is 4.11. The van der Waals surface area contributed by atoms with Gasteiger partial charge in [-0.2, -0.15) is 0 Å². The van der Waals surface area contributed by atoms with E-state index in [-0.39, 0.29) is 24.0 Å². The zero-order chi connectivity index (χ0) is 18.3. The van der Waals surface area contributed by atoms with Crippen molar-refractivity contribution in [1.29, 1.82) is 0 Å². The van der Waals surface area contributed by atoms with Gasteiger partial charge >= 0.3 is 6.09 Å². The Balaban J connectivity index is 1.80. The minimum atomic E-state index is -0.394. The molecule has 1 amide bonds. The Hall–Kier alpha value is -2.88. The van der Waals surface area contributed by atoms with Gasteiger partial charge in [0.2, 0.25) is 0 Å². The smallest absolute Gasteiger partial charge is 0.411 e. The van der Waals surface area contributed by atoms with E-state index < -0.39 is 6.10 Å². The number of allylic oxidation sites excluding steroid dienone is 1. The second kappa shape index (κ2) is 6.45. The summed E-state index contributed by atoms with van der Waals surface area (Å²) in [6.07, 6.45) is -0.424. The van der Waals surface area contributed by atoms with Gasteiger partial charge in [0.15, 0.2) is 11.9 Å². The summed E-state index contributed by atoms with van der Waals surface area (Å²) < 4.78 is 5.81. The third kappa shape index (κ3) is 2.62. The van der Waals surface area contributed by atoms with Crippen LogP contribution in [0.1, 0.15) is 43.5 Å². The number of cyclic esters (lactones) is 1. The summed E-state index contributed by atoms with van der Waals surface area (Å²) in [6.45, 7) is 3.78. The largest absolute Gasteiger partial charge is 0.439 e. The molecule has 4 rings (SSSR count). The van der Waals surface area contributed by atoms with Crippen LogP contribution in [0.4, 0.5) is 4.79 Å². The first-order valence-corrected chi connectivity index (χ1v) is 8.87. The molecule has 1 heterocycles. The van der Waals surface area contributed by atoms with Crippen LogP contribution in [0.5, 0.6) is 0 Å². The van der Waals surface area contributed by atoms with Gasteiger partial charge in [0.25, 0.3) is 0 Å². The molecule has 2 aliphatic rings. The molecule has 2 aromatic rings. The van der Waals surface area contributed by atoms with Crippen molar-refractivity contribution in [3.8, 4) is 0 Å².